The Labute approximate surface area is 156 Å². The molecule has 1 amide bonds. The molecule has 0 radical (unpaired) electrons. The Morgan fingerprint density at radius 3 is 3.00 bits per heavy atom. The molecule has 1 aliphatic heterocycles. The van der Waals surface area contributed by atoms with Crippen molar-refractivity contribution in [1.29, 1.82) is 0 Å². The largest absolute Gasteiger partial charge is 0.336 e. The highest BCUT2D eigenvalue weighted by molar-refractivity contribution is 6.06. The van der Waals surface area contributed by atoms with E-state index in [4.69, 9.17) is 4.52 Å². The van der Waals surface area contributed by atoms with E-state index in [0.717, 1.165) is 29.8 Å². The van der Waals surface area contributed by atoms with Crippen LogP contribution in [0, 0.1) is 0 Å². The second kappa shape index (κ2) is 6.98. The van der Waals surface area contributed by atoms with Crippen LogP contribution in [0.3, 0.4) is 0 Å². The number of carbonyl (C=O) groups excluding carboxylic acids is 1. The van der Waals surface area contributed by atoms with Crippen molar-refractivity contribution in [2.24, 2.45) is 0 Å². The molecule has 27 heavy (non-hydrogen) atoms. The third-order valence-electron chi connectivity index (χ3n) is 5.10. The maximum atomic E-state index is 13.4. The number of fused-ring (bicyclic) bond motifs is 2. The van der Waals surface area contributed by atoms with Crippen LogP contribution >= 0.6 is 0 Å². The lowest BCUT2D eigenvalue weighted by molar-refractivity contribution is 0.0735. The summed E-state index contributed by atoms with van der Waals surface area (Å²) in [6, 6.07) is 3.75. The van der Waals surface area contributed by atoms with Gasteiger partial charge in [0.1, 0.15) is 0 Å². The standard InChI is InChI=1S/C20H22N4O3/c1-3-5-16-17-14(10-13(4-2)22-19(17)27-23-16)20(26)24-9-7-12-6-8-21-18(25)15(12)11-24/h6,8,10H,3-5,7,9,11H2,1-2H3,(H,21,25). The van der Waals surface area contributed by atoms with Gasteiger partial charge in [-0.25, -0.2) is 4.98 Å². The number of aromatic amines is 1. The summed E-state index contributed by atoms with van der Waals surface area (Å²) in [7, 11) is 0. The summed E-state index contributed by atoms with van der Waals surface area (Å²) in [5, 5.41) is 4.84. The molecular weight excluding hydrogens is 344 g/mol. The van der Waals surface area contributed by atoms with E-state index in [-0.39, 0.29) is 11.5 Å². The smallest absolute Gasteiger partial charge is 0.259 e. The topological polar surface area (TPSA) is 92.1 Å². The van der Waals surface area contributed by atoms with E-state index in [9.17, 15) is 9.59 Å². The molecule has 4 rings (SSSR count). The van der Waals surface area contributed by atoms with Crippen molar-refractivity contribution >= 4 is 17.0 Å². The van der Waals surface area contributed by atoms with Crippen molar-refractivity contribution in [3.05, 3.63) is 56.8 Å². The van der Waals surface area contributed by atoms with Gasteiger partial charge in [-0.05, 0) is 37.0 Å². The molecule has 3 aromatic rings. The van der Waals surface area contributed by atoms with Crippen LogP contribution in [-0.4, -0.2) is 32.5 Å². The Bertz CT molecular complexity index is 1070. The average molecular weight is 366 g/mol. The van der Waals surface area contributed by atoms with Gasteiger partial charge in [0.25, 0.3) is 17.2 Å². The molecule has 0 aliphatic carbocycles. The van der Waals surface area contributed by atoms with Gasteiger partial charge in [0.15, 0.2) is 0 Å². The number of nitrogens with zero attached hydrogens (tertiary/aromatic N) is 3. The van der Waals surface area contributed by atoms with Crippen molar-refractivity contribution in [3.8, 4) is 0 Å². The van der Waals surface area contributed by atoms with Gasteiger partial charge in [-0.1, -0.05) is 25.4 Å². The highest BCUT2D eigenvalue weighted by Gasteiger charge is 2.27. The first-order valence-electron chi connectivity index (χ1n) is 9.39. The highest BCUT2D eigenvalue weighted by Crippen LogP contribution is 2.26. The van der Waals surface area contributed by atoms with Crippen molar-refractivity contribution in [2.45, 2.75) is 46.1 Å². The van der Waals surface area contributed by atoms with Gasteiger partial charge < -0.3 is 14.4 Å². The normalized spacial score (nSPS) is 13.8. The van der Waals surface area contributed by atoms with Crippen molar-refractivity contribution in [3.63, 3.8) is 0 Å². The minimum absolute atomic E-state index is 0.105. The SMILES string of the molecule is CCCc1noc2nc(CC)cc(C(=O)N3CCc4cc[nH]c(=O)c4C3)c12. The summed E-state index contributed by atoms with van der Waals surface area (Å²) in [6.45, 7) is 4.94. The molecule has 0 saturated heterocycles. The van der Waals surface area contributed by atoms with Crippen LogP contribution in [0.4, 0.5) is 0 Å². The molecule has 1 N–H and O–H groups in total. The summed E-state index contributed by atoms with van der Waals surface area (Å²) >= 11 is 0. The molecule has 1 aliphatic rings. The number of amides is 1. The summed E-state index contributed by atoms with van der Waals surface area (Å²) in [4.78, 5) is 34.4. The first-order valence-corrected chi connectivity index (χ1v) is 9.39. The molecule has 4 heterocycles. The Hall–Kier alpha value is -2.96. The van der Waals surface area contributed by atoms with E-state index in [1.807, 2.05) is 19.1 Å². The molecular formula is C20H22N4O3. The van der Waals surface area contributed by atoms with E-state index in [1.54, 1.807) is 11.1 Å². The first kappa shape index (κ1) is 17.5. The summed E-state index contributed by atoms with van der Waals surface area (Å²) in [6.07, 6.45) is 4.65. The Morgan fingerprint density at radius 1 is 1.37 bits per heavy atom. The second-order valence-electron chi connectivity index (χ2n) is 6.86. The van der Waals surface area contributed by atoms with Gasteiger partial charge >= 0.3 is 0 Å². The lowest BCUT2D eigenvalue weighted by atomic mass is 10.00. The van der Waals surface area contributed by atoms with Gasteiger partial charge in [-0.3, -0.25) is 9.59 Å². The van der Waals surface area contributed by atoms with E-state index in [1.165, 1.54) is 0 Å². The van der Waals surface area contributed by atoms with Crippen LogP contribution in [-0.2, 0) is 25.8 Å². The van der Waals surface area contributed by atoms with Gasteiger partial charge in [-0.15, -0.1) is 0 Å². The van der Waals surface area contributed by atoms with Gasteiger partial charge in [0, 0.05) is 24.0 Å². The third-order valence-corrected chi connectivity index (χ3v) is 5.10. The van der Waals surface area contributed by atoms with Gasteiger partial charge in [0.2, 0.25) is 0 Å². The van der Waals surface area contributed by atoms with Crippen LogP contribution in [0.15, 0.2) is 27.6 Å². The molecule has 140 valence electrons. The third kappa shape index (κ3) is 3.03. The molecule has 0 saturated carbocycles. The van der Waals surface area contributed by atoms with Crippen LogP contribution in [0.5, 0.6) is 0 Å². The molecule has 7 heteroatoms. The zero-order valence-electron chi connectivity index (χ0n) is 15.5. The number of aromatic nitrogens is 3. The predicted molar refractivity (Wildman–Crippen MR) is 101 cm³/mol. The molecule has 0 atom stereocenters. The molecule has 0 unspecified atom stereocenters. The number of pyridine rings is 2. The van der Waals surface area contributed by atoms with E-state index in [2.05, 4.69) is 22.0 Å². The van der Waals surface area contributed by atoms with Crippen LogP contribution in [0.2, 0.25) is 0 Å². The maximum absolute atomic E-state index is 13.4. The molecule has 7 nitrogen and oxygen atoms in total. The number of hydrogen-bond donors (Lipinski definition) is 1. The summed E-state index contributed by atoms with van der Waals surface area (Å²) in [5.41, 5.74) is 4.08. The average Bonchev–Trinajstić information content (AvgIpc) is 3.10. The van der Waals surface area contributed by atoms with Gasteiger partial charge in [0.05, 0.1) is 23.2 Å². The molecule has 0 aromatic carbocycles. The Morgan fingerprint density at radius 2 is 2.22 bits per heavy atom. The molecule has 0 bridgehead atoms. The molecule has 3 aromatic heterocycles. The lowest BCUT2D eigenvalue weighted by Crippen LogP contribution is -2.39. The zero-order chi connectivity index (χ0) is 19.0. The monoisotopic (exact) mass is 366 g/mol. The zero-order valence-corrected chi connectivity index (χ0v) is 15.5. The highest BCUT2D eigenvalue weighted by atomic mass is 16.5. The van der Waals surface area contributed by atoms with Crippen molar-refractivity contribution < 1.29 is 9.32 Å². The number of aryl methyl sites for hydroxylation is 2. The number of nitrogens with one attached hydrogen (secondary N) is 1. The van der Waals surface area contributed by atoms with Crippen molar-refractivity contribution in [2.75, 3.05) is 6.54 Å². The number of H-pyrrole nitrogens is 1. The fourth-order valence-corrected chi connectivity index (χ4v) is 3.65. The molecule has 0 fully saturated rings. The fourth-order valence-electron chi connectivity index (χ4n) is 3.65. The van der Waals surface area contributed by atoms with Crippen molar-refractivity contribution in [1.82, 2.24) is 20.0 Å². The summed E-state index contributed by atoms with van der Waals surface area (Å²) < 4.78 is 5.41. The number of carbonyl (C=O) groups is 1. The van der Waals surface area contributed by atoms with E-state index < -0.39 is 0 Å². The quantitative estimate of drug-likeness (QED) is 0.766. The van der Waals surface area contributed by atoms with E-state index >= 15 is 0 Å². The molecule has 0 spiro atoms. The minimum atomic E-state index is -0.129. The maximum Gasteiger partial charge on any atom is 0.259 e. The van der Waals surface area contributed by atoms with Crippen LogP contribution in [0.1, 0.15) is 53.1 Å². The summed E-state index contributed by atoms with van der Waals surface area (Å²) in [5.74, 6) is -0.105. The first-order chi connectivity index (χ1) is 13.1. The van der Waals surface area contributed by atoms with E-state index in [0.29, 0.717) is 48.2 Å². The van der Waals surface area contributed by atoms with Gasteiger partial charge in [-0.2, -0.15) is 0 Å². The Kier molecular flexibility index (Phi) is 4.51. The Balaban J connectivity index is 1.77. The lowest BCUT2D eigenvalue weighted by Gasteiger charge is -2.28. The van der Waals surface area contributed by atoms with Crippen LogP contribution in [0.25, 0.3) is 11.1 Å². The fraction of sp³-hybridized carbons (Fsp3) is 0.400. The van der Waals surface area contributed by atoms with Crippen LogP contribution < -0.4 is 5.56 Å². The number of rotatable bonds is 4. The minimum Gasteiger partial charge on any atom is -0.336 e. The second-order valence-corrected chi connectivity index (χ2v) is 6.86. The number of hydrogen-bond acceptors (Lipinski definition) is 5. The predicted octanol–water partition coefficient (Wildman–Crippen LogP) is 2.62.